The Kier molecular flexibility index (Phi) is 3.53. The first-order chi connectivity index (χ1) is 9.84. The van der Waals surface area contributed by atoms with Gasteiger partial charge in [0.15, 0.2) is 0 Å². The molecule has 0 spiro atoms. The molecule has 21 heavy (non-hydrogen) atoms. The minimum absolute atomic E-state index is 0.138. The van der Waals surface area contributed by atoms with Gasteiger partial charge < -0.3 is 10.3 Å². The fraction of sp³-hybridized carbons (Fsp3) is 0.588. The lowest BCUT2D eigenvalue weighted by molar-refractivity contribution is 0.0936. The molecule has 1 saturated carbocycles. The van der Waals surface area contributed by atoms with Gasteiger partial charge in [-0.15, -0.1) is 0 Å². The van der Waals surface area contributed by atoms with Gasteiger partial charge in [0.25, 0.3) is 0 Å². The molecule has 3 rings (SSSR count). The Hall–Kier alpha value is -1.06. The Balaban J connectivity index is 2.12. The summed E-state index contributed by atoms with van der Waals surface area (Å²) in [5.74, 6) is 2.04. The zero-order chi connectivity index (χ0) is 15.4. The summed E-state index contributed by atoms with van der Waals surface area (Å²) in [5.41, 5.74) is 8.44. The highest BCUT2D eigenvalue weighted by Crippen LogP contribution is 2.49. The molecule has 3 atom stereocenters. The summed E-state index contributed by atoms with van der Waals surface area (Å²) in [6, 6.07) is 6.22. The van der Waals surface area contributed by atoms with Crippen molar-refractivity contribution in [1.82, 2.24) is 9.55 Å². The zero-order valence-electron chi connectivity index (χ0n) is 13.2. The molecule has 0 aliphatic heterocycles. The van der Waals surface area contributed by atoms with Gasteiger partial charge in [-0.1, -0.05) is 38.4 Å². The smallest absolute Gasteiger partial charge is 0.113 e. The molecule has 4 heteroatoms. The second kappa shape index (κ2) is 4.99. The largest absolute Gasteiger partial charge is 0.330 e. The minimum Gasteiger partial charge on any atom is -0.330 e. The van der Waals surface area contributed by atoms with Gasteiger partial charge in [-0.3, -0.25) is 0 Å². The Labute approximate surface area is 131 Å². The Morgan fingerprint density at radius 2 is 2.05 bits per heavy atom. The van der Waals surface area contributed by atoms with E-state index in [0.717, 1.165) is 34.7 Å². The standard InChI is InChI=1S/C17H24ClN3/c1-10-13(19)9-8-11(17(10,2)3)16-20-14-7-5-6-12(18)15(14)21(16)4/h5-7,10-11,13H,8-9,19H2,1-4H3. The van der Waals surface area contributed by atoms with Crippen LogP contribution >= 0.6 is 11.6 Å². The molecule has 3 unspecified atom stereocenters. The first-order valence-corrected chi connectivity index (χ1v) is 8.08. The molecule has 1 aliphatic rings. The normalized spacial score (nSPS) is 29.0. The lowest BCUT2D eigenvalue weighted by atomic mass is 9.61. The maximum atomic E-state index is 6.36. The number of benzene rings is 1. The molecule has 3 nitrogen and oxygen atoms in total. The molecule has 2 N–H and O–H groups in total. The van der Waals surface area contributed by atoms with Crippen LogP contribution < -0.4 is 5.73 Å². The Morgan fingerprint density at radius 3 is 2.71 bits per heavy atom. The van der Waals surface area contributed by atoms with Crippen molar-refractivity contribution in [3.05, 3.63) is 29.0 Å². The van der Waals surface area contributed by atoms with Gasteiger partial charge in [-0.2, -0.15) is 0 Å². The third kappa shape index (κ3) is 2.18. The topological polar surface area (TPSA) is 43.8 Å². The highest BCUT2D eigenvalue weighted by molar-refractivity contribution is 6.35. The summed E-state index contributed by atoms with van der Waals surface area (Å²) >= 11 is 6.36. The number of nitrogens with zero attached hydrogens (tertiary/aromatic N) is 2. The van der Waals surface area contributed by atoms with Crippen LogP contribution in [0.1, 0.15) is 45.4 Å². The number of nitrogens with two attached hydrogens (primary N) is 1. The molecular formula is C17H24ClN3. The molecule has 1 heterocycles. The molecular weight excluding hydrogens is 282 g/mol. The van der Waals surface area contributed by atoms with E-state index in [4.69, 9.17) is 22.3 Å². The number of para-hydroxylation sites is 1. The van der Waals surface area contributed by atoms with Crippen LogP contribution in [0.4, 0.5) is 0 Å². The molecule has 0 radical (unpaired) electrons. The van der Waals surface area contributed by atoms with E-state index in [1.807, 2.05) is 18.2 Å². The van der Waals surface area contributed by atoms with Crippen molar-refractivity contribution in [2.45, 2.75) is 45.6 Å². The SMILES string of the molecule is CC1C(N)CCC(c2nc3cccc(Cl)c3n2C)C1(C)C. The Bertz CT molecular complexity index is 674. The minimum atomic E-state index is 0.138. The van der Waals surface area contributed by atoms with Gasteiger partial charge in [-0.25, -0.2) is 4.98 Å². The fourth-order valence-corrected chi connectivity index (χ4v) is 4.16. The quantitative estimate of drug-likeness (QED) is 0.862. The first-order valence-electron chi connectivity index (χ1n) is 7.70. The van der Waals surface area contributed by atoms with Gasteiger partial charge in [0, 0.05) is 19.0 Å². The van der Waals surface area contributed by atoms with E-state index >= 15 is 0 Å². The lowest BCUT2D eigenvalue weighted by Crippen LogP contribution is -2.46. The zero-order valence-corrected chi connectivity index (χ0v) is 14.0. The molecule has 1 aliphatic carbocycles. The van der Waals surface area contributed by atoms with Crippen LogP contribution in [0.2, 0.25) is 5.02 Å². The van der Waals surface area contributed by atoms with E-state index < -0.39 is 0 Å². The van der Waals surface area contributed by atoms with E-state index in [-0.39, 0.29) is 11.5 Å². The van der Waals surface area contributed by atoms with Crippen LogP contribution in [0.5, 0.6) is 0 Å². The molecule has 0 bridgehead atoms. The summed E-state index contributed by atoms with van der Waals surface area (Å²) in [4.78, 5) is 4.89. The summed E-state index contributed by atoms with van der Waals surface area (Å²) < 4.78 is 2.17. The number of hydrogen-bond donors (Lipinski definition) is 1. The van der Waals surface area contributed by atoms with Crippen LogP contribution in [-0.2, 0) is 7.05 Å². The third-order valence-corrected chi connectivity index (χ3v) is 6.00. The fourth-order valence-electron chi connectivity index (χ4n) is 3.86. The molecule has 1 aromatic heterocycles. The summed E-state index contributed by atoms with van der Waals surface area (Å²) in [7, 11) is 2.08. The van der Waals surface area contributed by atoms with Gasteiger partial charge in [-0.05, 0) is 36.3 Å². The second-order valence-electron chi connectivity index (χ2n) is 7.04. The lowest BCUT2D eigenvalue weighted by Gasteiger charge is -2.46. The first kappa shape index (κ1) is 14.9. The monoisotopic (exact) mass is 305 g/mol. The second-order valence-corrected chi connectivity index (χ2v) is 7.45. The molecule has 1 aromatic carbocycles. The predicted octanol–water partition coefficient (Wildman–Crippen LogP) is 4.09. The predicted molar refractivity (Wildman–Crippen MR) is 88.6 cm³/mol. The van der Waals surface area contributed by atoms with E-state index in [9.17, 15) is 0 Å². The number of imidazole rings is 1. The van der Waals surface area contributed by atoms with Gasteiger partial charge in [0.2, 0.25) is 0 Å². The molecule has 1 fully saturated rings. The number of halogens is 1. The number of aryl methyl sites for hydroxylation is 1. The van der Waals surface area contributed by atoms with Crippen molar-refractivity contribution >= 4 is 22.6 Å². The van der Waals surface area contributed by atoms with Crippen molar-refractivity contribution in [2.24, 2.45) is 24.1 Å². The Morgan fingerprint density at radius 1 is 1.33 bits per heavy atom. The van der Waals surface area contributed by atoms with Crippen LogP contribution in [0.15, 0.2) is 18.2 Å². The number of rotatable bonds is 1. The van der Waals surface area contributed by atoms with Gasteiger partial charge in [0.05, 0.1) is 16.1 Å². The van der Waals surface area contributed by atoms with Crippen LogP contribution in [-0.4, -0.2) is 15.6 Å². The summed E-state index contributed by atoms with van der Waals surface area (Å²) in [5, 5.41) is 0.770. The van der Waals surface area contributed by atoms with Crippen LogP contribution in [0.25, 0.3) is 11.0 Å². The maximum Gasteiger partial charge on any atom is 0.113 e. The van der Waals surface area contributed by atoms with Crippen LogP contribution in [0, 0.1) is 11.3 Å². The van der Waals surface area contributed by atoms with E-state index in [1.54, 1.807) is 0 Å². The van der Waals surface area contributed by atoms with Crippen molar-refractivity contribution in [1.29, 1.82) is 0 Å². The number of hydrogen-bond acceptors (Lipinski definition) is 2. The van der Waals surface area contributed by atoms with Gasteiger partial charge in [0.1, 0.15) is 5.82 Å². The van der Waals surface area contributed by atoms with Crippen molar-refractivity contribution in [3.63, 3.8) is 0 Å². The van der Waals surface area contributed by atoms with Crippen molar-refractivity contribution < 1.29 is 0 Å². The molecule has 0 amide bonds. The number of fused-ring (bicyclic) bond motifs is 1. The maximum absolute atomic E-state index is 6.36. The van der Waals surface area contributed by atoms with E-state index in [1.165, 1.54) is 0 Å². The molecule has 0 saturated heterocycles. The third-order valence-electron chi connectivity index (χ3n) is 5.69. The molecule has 114 valence electrons. The highest BCUT2D eigenvalue weighted by Gasteiger charge is 2.44. The number of aromatic nitrogens is 2. The van der Waals surface area contributed by atoms with Crippen molar-refractivity contribution in [2.75, 3.05) is 0 Å². The van der Waals surface area contributed by atoms with Gasteiger partial charge >= 0.3 is 0 Å². The summed E-state index contributed by atoms with van der Waals surface area (Å²) in [6.07, 6.45) is 2.15. The van der Waals surface area contributed by atoms with E-state index in [2.05, 4.69) is 32.4 Å². The highest BCUT2D eigenvalue weighted by atomic mass is 35.5. The van der Waals surface area contributed by atoms with Crippen molar-refractivity contribution in [3.8, 4) is 0 Å². The van der Waals surface area contributed by atoms with E-state index in [0.29, 0.717) is 11.8 Å². The average Bonchev–Trinajstić information content (AvgIpc) is 2.75. The summed E-state index contributed by atoms with van der Waals surface area (Å²) in [6.45, 7) is 6.91. The average molecular weight is 306 g/mol. The van der Waals surface area contributed by atoms with Crippen LogP contribution in [0.3, 0.4) is 0 Å². The molecule has 2 aromatic rings.